The first-order chi connectivity index (χ1) is 17.0. The first kappa shape index (κ1) is 26.9. The van der Waals surface area contributed by atoms with E-state index in [1.165, 1.54) is 18.3 Å². The molecule has 1 aliphatic heterocycles. The van der Waals surface area contributed by atoms with Crippen molar-refractivity contribution in [3.63, 3.8) is 0 Å². The Hall–Kier alpha value is -3.66. The van der Waals surface area contributed by atoms with E-state index in [0.717, 1.165) is 23.3 Å². The van der Waals surface area contributed by atoms with Crippen LogP contribution in [0.3, 0.4) is 0 Å². The molecular weight excluding hydrogens is 479 g/mol. The number of alkyl halides is 3. The van der Waals surface area contributed by atoms with Gasteiger partial charge in [-0.15, -0.1) is 13.2 Å². The first-order valence-electron chi connectivity index (χ1n) is 11.2. The summed E-state index contributed by atoms with van der Waals surface area (Å²) in [5, 5.41) is 9.44. The molecule has 7 nitrogen and oxygen atoms in total. The summed E-state index contributed by atoms with van der Waals surface area (Å²) in [6, 6.07) is 12.3. The van der Waals surface area contributed by atoms with E-state index in [1.807, 2.05) is 0 Å². The Morgan fingerprint density at radius 1 is 1.06 bits per heavy atom. The van der Waals surface area contributed by atoms with E-state index in [-0.39, 0.29) is 25.6 Å². The van der Waals surface area contributed by atoms with Crippen LogP contribution in [0.4, 0.5) is 13.2 Å². The van der Waals surface area contributed by atoms with E-state index < -0.39 is 35.7 Å². The van der Waals surface area contributed by atoms with Crippen molar-refractivity contribution >= 4 is 18.2 Å². The van der Waals surface area contributed by atoms with Gasteiger partial charge in [-0.05, 0) is 54.8 Å². The van der Waals surface area contributed by atoms with Crippen molar-refractivity contribution < 1.29 is 42.1 Å². The molecule has 2 unspecified atom stereocenters. The summed E-state index contributed by atoms with van der Waals surface area (Å²) in [5.41, 5.74) is 0.413. The minimum atomic E-state index is -4.83. The second-order valence-electron chi connectivity index (χ2n) is 8.55. The van der Waals surface area contributed by atoms with Crippen molar-refractivity contribution in [1.29, 1.82) is 0 Å². The molecule has 0 aliphatic carbocycles. The SMILES string of the molecule is CC(C)OC(Cc1cccc(CC2(C(=O)OCc3cccc(OC(F)(F)F)c3)C=CC=N2)c1)C(=O)O. The molecule has 1 N–H and O–H groups in total. The monoisotopic (exact) mass is 505 g/mol. The van der Waals surface area contributed by atoms with Crippen LogP contribution in [0.2, 0.25) is 0 Å². The molecule has 0 fully saturated rings. The molecule has 2 aromatic rings. The van der Waals surface area contributed by atoms with Gasteiger partial charge in [0.15, 0.2) is 11.6 Å². The van der Waals surface area contributed by atoms with Crippen LogP contribution in [-0.4, -0.2) is 47.4 Å². The minimum absolute atomic E-state index is 0.146. The number of benzene rings is 2. The number of carboxylic acids is 1. The van der Waals surface area contributed by atoms with Crippen molar-refractivity contribution in [2.24, 2.45) is 4.99 Å². The smallest absolute Gasteiger partial charge is 0.479 e. The van der Waals surface area contributed by atoms with Crippen LogP contribution < -0.4 is 4.74 Å². The molecule has 0 saturated heterocycles. The number of hydrogen-bond donors (Lipinski definition) is 1. The van der Waals surface area contributed by atoms with Gasteiger partial charge in [-0.1, -0.05) is 36.4 Å². The molecule has 0 amide bonds. The summed E-state index contributed by atoms with van der Waals surface area (Å²) < 4.78 is 52.2. The Kier molecular flexibility index (Phi) is 8.52. The maximum atomic E-state index is 13.0. The number of rotatable bonds is 11. The number of carboxylic acid groups (broad SMARTS) is 1. The summed E-state index contributed by atoms with van der Waals surface area (Å²) >= 11 is 0. The van der Waals surface area contributed by atoms with Crippen LogP contribution in [0.1, 0.15) is 30.5 Å². The molecule has 2 atom stereocenters. The third kappa shape index (κ3) is 7.67. The third-order valence-corrected chi connectivity index (χ3v) is 5.22. The lowest BCUT2D eigenvalue weighted by Crippen LogP contribution is -2.37. The van der Waals surface area contributed by atoms with Gasteiger partial charge in [0.1, 0.15) is 12.4 Å². The zero-order valence-corrected chi connectivity index (χ0v) is 19.7. The van der Waals surface area contributed by atoms with Crippen molar-refractivity contribution in [1.82, 2.24) is 0 Å². The number of ether oxygens (including phenoxy) is 3. The van der Waals surface area contributed by atoms with Crippen LogP contribution in [0.15, 0.2) is 65.7 Å². The number of aliphatic carboxylic acids is 1. The second kappa shape index (κ2) is 11.4. The van der Waals surface area contributed by atoms with Gasteiger partial charge >= 0.3 is 18.3 Å². The number of allylic oxidation sites excluding steroid dienone is 1. The zero-order chi connectivity index (χ0) is 26.3. The number of nitrogens with zero attached hydrogens (tertiary/aromatic N) is 1. The minimum Gasteiger partial charge on any atom is -0.479 e. The summed E-state index contributed by atoms with van der Waals surface area (Å²) in [6.07, 6.45) is -1.14. The number of carbonyl (C=O) groups excluding carboxylic acids is 1. The number of aliphatic imine (C=N–C) groups is 1. The summed E-state index contributed by atoms with van der Waals surface area (Å²) in [4.78, 5) is 28.9. The summed E-state index contributed by atoms with van der Waals surface area (Å²) in [7, 11) is 0. The van der Waals surface area contributed by atoms with Gasteiger partial charge in [-0.25, -0.2) is 9.59 Å². The molecule has 0 spiro atoms. The van der Waals surface area contributed by atoms with Crippen molar-refractivity contribution in [3.05, 3.63) is 77.4 Å². The predicted molar refractivity (Wildman–Crippen MR) is 125 cm³/mol. The van der Waals surface area contributed by atoms with Gasteiger partial charge < -0.3 is 19.3 Å². The van der Waals surface area contributed by atoms with Gasteiger partial charge in [-0.2, -0.15) is 0 Å². The second-order valence-corrected chi connectivity index (χ2v) is 8.55. The average molecular weight is 505 g/mol. The molecule has 36 heavy (non-hydrogen) atoms. The van der Waals surface area contributed by atoms with E-state index in [4.69, 9.17) is 9.47 Å². The fraction of sp³-hybridized carbons (Fsp3) is 0.346. The zero-order valence-electron chi connectivity index (χ0n) is 19.7. The van der Waals surface area contributed by atoms with Gasteiger partial charge in [0.2, 0.25) is 0 Å². The van der Waals surface area contributed by atoms with Gasteiger partial charge in [0, 0.05) is 19.1 Å². The largest absolute Gasteiger partial charge is 0.573 e. The van der Waals surface area contributed by atoms with Gasteiger partial charge in [0.25, 0.3) is 0 Å². The Morgan fingerprint density at radius 3 is 2.39 bits per heavy atom. The quantitative estimate of drug-likeness (QED) is 0.446. The van der Waals surface area contributed by atoms with Crippen molar-refractivity contribution in [3.8, 4) is 5.75 Å². The van der Waals surface area contributed by atoms with E-state index in [0.29, 0.717) is 5.56 Å². The fourth-order valence-corrected chi connectivity index (χ4v) is 3.74. The molecule has 0 aromatic heterocycles. The first-order valence-corrected chi connectivity index (χ1v) is 11.2. The molecule has 10 heteroatoms. The van der Waals surface area contributed by atoms with E-state index in [9.17, 15) is 27.9 Å². The molecule has 0 saturated carbocycles. The van der Waals surface area contributed by atoms with Crippen LogP contribution in [0.25, 0.3) is 0 Å². The van der Waals surface area contributed by atoms with Crippen LogP contribution in [0.5, 0.6) is 5.75 Å². The molecule has 2 aromatic carbocycles. The van der Waals surface area contributed by atoms with Crippen molar-refractivity contribution in [2.45, 2.75) is 57.4 Å². The van der Waals surface area contributed by atoms with Crippen LogP contribution in [-0.2, 0) is 38.5 Å². The van der Waals surface area contributed by atoms with Gasteiger partial charge in [-0.3, -0.25) is 4.99 Å². The third-order valence-electron chi connectivity index (χ3n) is 5.22. The molecular formula is C26H26F3NO6. The molecule has 1 heterocycles. The maximum absolute atomic E-state index is 13.0. The average Bonchev–Trinajstić information content (AvgIpc) is 3.25. The number of carbonyl (C=O) groups is 2. The molecule has 0 radical (unpaired) electrons. The summed E-state index contributed by atoms with van der Waals surface area (Å²) in [6.45, 7) is 3.24. The molecule has 3 rings (SSSR count). The van der Waals surface area contributed by atoms with E-state index >= 15 is 0 Å². The van der Waals surface area contributed by atoms with Crippen LogP contribution in [0, 0.1) is 0 Å². The van der Waals surface area contributed by atoms with Crippen LogP contribution >= 0.6 is 0 Å². The Balaban J connectivity index is 1.70. The topological polar surface area (TPSA) is 94.4 Å². The highest BCUT2D eigenvalue weighted by Crippen LogP contribution is 2.27. The lowest BCUT2D eigenvalue weighted by molar-refractivity contribution is -0.274. The highest BCUT2D eigenvalue weighted by atomic mass is 19.4. The molecule has 1 aliphatic rings. The lowest BCUT2D eigenvalue weighted by Gasteiger charge is -2.23. The highest BCUT2D eigenvalue weighted by molar-refractivity contribution is 5.91. The Bertz CT molecular complexity index is 1130. The van der Waals surface area contributed by atoms with E-state index in [1.54, 1.807) is 50.3 Å². The van der Waals surface area contributed by atoms with Gasteiger partial charge in [0.05, 0.1) is 6.10 Å². The number of halogens is 3. The molecule has 192 valence electrons. The Morgan fingerprint density at radius 2 is 1.75 bits per heavy atom. The summed E-state index contributed by atoms with van der Waals surface area (Å²) in [5.74, 6) is -2.16. The Labute approximate surface area is 206 Å². The molecule has 0 bridgehead atoms. The normalized spacial score (nSPS) is 17.8. The number of hydrogen-bond acceptors (Lipinski definition) is 6. The van der Waals surface area contributed by atoms with Crippen molar-refractivity contribution in [2.75, 3.05) is 0 Å². The van der Waals surface area contributed by atoms with E-state index in [2.05, 4.69) is 9.73 Å². The predicted octanol–water partition coefficient (Wildman–Crippen LogP) is 4.67. The highest BCUT2D eigenvalue weighted by Gasteiger charge is 2.39. The number of esters is 1. The standard InChI is InChI=1S/C26H26F3NO6/c1-17(2)35-22(23(31)32)14-18-6-3-7-19(12-18)15-25(10-5-11-30-25)24(33)34-16-20-8-4-9-21(13-20)36-26(27,28)29/h3-13,17,22H,14-16H2,1-2H3,(H,31,32). The maximum Gasteiger partial charge on any atom is 0.573 e. The fourth-order valence-electron chi connectivity index (χ4n) is 3.74. The lowest BCUT2D eigenvalue weighted by atomic mass is 9.90.